The maximum absolute atomic E-state index is 9.37. The molecule has 4 nitrogen and oxygen atoms in total. The minimum absolute atomic E-state index is 0.207. The highest BCUT2D eigenvalue weighted by Crippen LogP contribution is 2.34. The van der Waals surface area contributed by atoms with Gasteiger partial charge in [-0.25, -0.2) is 0 Å². The van der Waals surface area contributed by atoms with Gasteiger partial charge >= 0.3 is 0 Å². The van der Waals surface area contributed by atoms with E-state index in [1.165, 1.54) is 30.2 Å². The lowest BCUT2D eigenvalue weighted by molar-refractivity contribution is 0.236. The Bertz CT molecular complexity index is 387. The lowest BCUT2D eigenvalue weighted by Gasteiger charge is -2.25. The molecule has 1 unspecified atom stereocenters. The normalized spacial score (nSPS) is 25.8. The molecule has 0 bridgehead atoms. The molecule has 1 fully saturated rings. The average Bonchev–Trinajstić information content (AvgIpc) is 2.83. The van der Waals surface area contributed by atoms with Crippen LogP contribution in [-0.2, 0) is 6.54 Å². The van der Waals surface area contributed by atoms with E-state index in [4.69, 9.17) is 0 Å². The molecular formula is C12H19N3OS. The van der Waals surface area contributed by atoms with Crippen LogP contribution in [0.25, 0.3) is 0 Å². The van der Waals surface area contributed by atoms with Crippen molar-refractivity contribution in [2.24, 2.45) is 0 Å². The van der Waals surface area contributed by atoms with Crippen LogP contribution >= 0.6 is 11.8 Å². The van der Waals surface area contributed by atoms with E-state index in [1.54, 1.807) is 0 Å². The summed E-state index contributed by atoms with van der Waals surface area (Å²) in [5.74, 6) is 5.50. The summed E-state index contributed by atoms with van der Waals surface area (Å²) < 4.78 is 2.28. The molecule has 2 aliphatic heterocycles. The summed E-state index contributed by atoms with van der Waals surface area (Å²) in [4.78, 5) is 0. The van der Waals surface area contributed by atoms with Crippen LogP contribution in [0.15, 0.2) is 0 Å². The van der Waals surface area contributed by atoms with Gasteiger partial charge in [-0.2, -0.15) is 11.8 Å². The molecular weight excluding hydrogens is 234 g/mol. The van der Waals surface area contributed by atoms with Crippen molar-refractivity contribution < 1.29 is 5.11 Å². The Labute approximate surface area is 106 Å². The number of rotatable bonds is 2. The molecule has 0 aromatic carbocycles. The Morgan fingerprint density at radius 2 is 1.94 bits per heavy atom. The topological polar surface area (TPSA) is 50.9 Å². The molecule has 5 heteroatoms. The zero-order valence-electron chi connectivity index (χ0n) is 10.0. The van der Waals surface area contributed by atoms with Crippen LogP contribution in [0, 0.1) is 0 Å². The van der Waals surface area contributed by atoms with Crippen molar-refractivity contribution in [2.75, 3.05) is 18.1 Å². The smallest absolute Gasteiger partial charge is 0.138 e. The van der Waals surface area contributed by atoms with Crippen LogP contribution in [0.5, 0.6) is 0 Å². The highest BCUT2D eigenvalue weighted by atomic mass is 32.2. The van der Waals surface area contributed by atoms with Crippen molar-refractivity contribution in [3.63, 3.8) is 0 Å². The fourth-order valence-electron chi connectivity index (χ4n) is 2.91. The molecule has 0 amide bonds. The van der Waals surface area contributed by atoms with Crippen molar-refractivity contribution in [3.8, 4) is 0 Å². The molecule has 1 aromatic heterocycles. The molecule has 1 saturated heterocycles. The summed E-state index contributed by atoms with van der Waals surface area (Å²) in [5, 5.41) is 18.1. The Balaban J connectivity index is 1.88. The van der Waals surface area contributed by atoms with Crippen molar-refractivity contribution in [1.82, 2.24) is 14.8 Å². The molecule has 94 valence electrons. The fraction of sp³-hybridized carbons (Fsp3) is 0.833. The summed E-state index contributed by atoms with van der Waals surface area (Å²) in [7, 11) is 0. The van der Waals surface area contributed by atoms with Gasteiger partial charge in [0.15, 0.2) is 0 Å². The highest BCUT2D eigenvalue weighted by Gasteiger charge is 2.28. The van der Waals surface area contributed by atoms with E-state index >= 15 is 0 Å². The van der Waals surface area contributed by atoms with Gasteiger partial charge in [-0.15, -0.1) is 10.2 Å². The van der Waals surface area contributed by atoms with Crippen molar-refractivity contribution in [1.29, 1.82) is 0 Å². The van der Waals surface area contributed by atoms with Gasteiger partial charge in [0.05, 0.1) is 6.61 Å². The van der Waals surface area contributed by atoms with Gasteiger partial charge in [-0.05, 0) is 37.2 Å². The third-order valence-corrected chi connectivity index (χ3v) is 4.96. The average molecular weight is 253 g/mol. The largest absolute Gasteiger partial charge is 0.396 e. The molecule has 17 heavy (non-hydrogen) atoms. The van der Waals surface area contributed by atoms with Crippen LogP contribution in [-0.4, -0.2) is 38.0 Å². The minimum Gasteiger partial charge on any atom is -0.396 e. The van der Waals surface area contributed by atoms with E-state index in [0.717, 1.165) is 25.2 Å². The van der Waals surface area contributed by atoms with Gasteiger partial charge in [-0.3, -0.25) is 0 Å². The third kappa shape index (κ3) is 2.10. The number of hydrogen-bond acceptors (Lipinski definition) is 4. The molecule has 0 aliphatic carbocycles. The first-order valence-electron chi connectivity index (χ1n) is 6.51. The van der Waals surface area contributed by atoms with Gasteiger partial charge in [0.25, 0.3) is 0 Å². The van der Waals surface area contributed by atoms with Crippen LogP contribution in [0.4, 0.5) is 0 Å². The Kier molecular flexibility index (Phi) is 3.38. The lowest BCUT2D eigenvalue weighted by atomic mass is 9.97. The summed E-state index contributed by atoms with van der Waals surface area (Å²) >= 11 is 2.04. The number of fused-ring (bicyclic) bond motifs is 1. The highest BCUT2D eigenvalue weighted by molar-refractivity contribution is 7.99. The van der Waals surface area contributed by atoms with Gasteiger partial charge in [0, 0.05) is 18.4 Å². The number of aliphatic hydroxyl groups excluding tert-OH is 1. The maximum Gasteiger partial charge on any atom is 0.138 e. The third-order valence-electron chi connectivity index (χ3n) is 3.91. The van der Waals surface area contributed by atoms with Gasteiger partial charge in [-0.1, -0.05) is 0 Å². The standard InChI is InChI=1S/C12H19N3OS/c16-8-10-2-1-5-15-11(13-14-12(10)15)9-3-6-17-7-4-9/h9-10,16H,1-8H2. The lowest BCUT2D eigenvalue weighted by Crippen LogP contribution is -2.22. The Hall–Kier alpha value is -0.550. The molecule has 1 atom stereocenters. The first-order chi connectivity index (χ1) is 8.40. The zero-order valence-corrected chi connectivity index (χ0v) is 10.8. The predicted molar refractivity (Wildman–Crippen MR) is 68.4 cm³/mol. The van der Waals surface area contributed by atoms with Crippen molar-refractivity contribution >= 4 is 11.8 Å². The molecule has 0 radical (unpaired) electrons. The van der Waals surface area contributed by atoms with E-state index in [0.29, 0.717) is 5.92 Å². The van der Waals surface area contributed by atoms with E-state index < -0.39 is 0 Å². The molecule has 0 saturated carbocycles. The van der Waals surface area contributed by atoms with Crippen LogP contribution in [0.2, 0.25) is 0 Å². The van der Waals surface area contributed by atoms with Gasteiger partial charge in [0.1, 0.15) is 11.6 Å². The number of hydrogen-bond donors (Lipinski definition) is 1. The van der Waals surface area contributed by atoms with Crippen LogP contribution < -0.4 is 0 Å². The van der Waals surface area contributed by atoms with Crippen LogP contribution in [0.3, 0.4) is 0 Å². The minimum atomic E-state index is 0.207. The summed E-state index contributed by atoms with van der Waals surface area (Å²) in [6.45, 7) is 1.25. The number of aliphatic hydroxyl groups is 1. The van der Waals surface area contributed by atoms with E-state index in [1.807, 2.05) is 11.8 Å². The molecule has 3 heterocycles. The van der Waals surface area contributed by atoms with Gasteiger partial charge < -0.3 is 9.67 Å². The SMILES string of the molecule is OCC1CCCn2c1nnc2C1CCSCC1. The Morgan fingerprint density at radius 1 is 1.18 bits per heavy atom. The van der Waals surface area contributed by atoms with Crippen molar-refractivity contribution in [3.05, 3.63) is 11.6 Å². The molecule has 0 spiro atoms. The van der Waals surface area contributed by atoms with E-state index in [2.05, 4.69) is 14.8 Å². The monoisotopic (exact) mass is 253 g/mol. The van der Waals surface area contributed by atoms with E-state index in [9.17, 15) is 5.11 Å². The van der Waals surface area contributed by atoms with Crippen molar-refractivity contribution in [2.45, 2.75) is 44.1 Å². The predicted octanol–water partition coefficient (Wildman–Crippen LogP) is 1.76. The van der Waals surface area contributed by atoms with E-state index in [-0.39, 0.29) is 12.5 Å². The second-order valence-corrected chi connectivity index (χ2v) is 6.20. The second kappa shape index (κ2) is 4.98. The van der Waals surface area contributed by atoms with Gasteiger partial charge in [0.2, 0.25) is 0 Å². The maximum atomic E-state index is 9.37. The first-order valence-corrected chi connectivity index (χ1v) is 7.67. The van der Waals surface area contributed by atoms with Crippen LogP contribution in [0.1, 0.15) is 49.2 Å². The fourth-order valence-corrected chi connectivity index (χ4v) is 4.02. The zero-order chi connectivity index (χ0) is 11.7. The Morgan fingerprint density at radius 3 is 2.71 bits per heavy atom. The number of aromatic nitrogens is 3. The summed E-state index contributed by atoms with van der Waals surface area (Å²) in [6, 6.07) is 0. The molecule has 2 aliphatic rings. The first kappa shape index (κ1) is 11.5. The second-order valence-electron chi connectivity index (χ2n) is 4.98. The number of nitrogens with zero attached hydrogens (tertiary/aromatic N) is 3. The quantitative estimate of drug-likeness (QED) is 0.872. The number of thioether (sulfide) groups is 1. The summed E-state index contributed by atoms with van der Waals surface area (Å²) in [6.07, 6.45) is 4.65. The molecule has 3 rings (SSSR count). The summed E-state index contributed by atoms with van der Waals surface area (Å²) in [5.41, 5.74) is 0. The molecule has 1 N–H and O–H groups in total. The molecule has 1 aromatic rings.